The minimum atomic E-state index is -0.833. The number of rotatable bonds is 4. The molecule has 0 unspecified atom stereocenters. The van der Waals surface area contributed by atoms with Crippen molar-refractivity contribution in [1.82, 2.24) is 0 Å². The molecule has 0 saturated heterocycles. The first-order valence-electron chi connectivity index (χ1n) is 4.48. The molecular weight excluding hydrogens is 284 g/mol. The molecule has 0 fully saturated rings. The summed E-state index contributed by atoms with van der Waals surface area (Å²) in [4.78, 5) is 18.0. The highest BCUT2D eigenvalue weighted by molar-refractivity contribution is 9.09. The Bertz CT molecular complexity index is 149. The van der Waals surface area contributed by atoms with Gasteiger partial charge in [0, 0.05) is 38.3 Å². The van der Waals surface area contributed by atoms with Crippen LogP contribution in [0.2, 0.25) is 0 Å². The zero-order chi connectivity index (χ0) is 13.6. The van der Waals surface area contributed by atoms with Crippen LogP contribution < -0.4 is 0 Å². The van der Waals surface area contributed by atoms with E-state index in [9.17, 15) is 0 Å². The van der Waals surface area contributed by atoms with Crippen molar-refractivity contribution in [1.29, 1.82) is 0 Å². The summed E-state index contributed by atoms with van der Waals surface area (Å²) in [7, 11) is 0. The topological polar surface area (TPSA) is 115 Å². The highest BCUT2D eigenvalue weighted by Gasteiger charge is 2.02. The Kier molecular flexibility index (Phi) is 21.7. The summed E-state index contributed by atoms with van der Waals surface area (Å²) in [5.41, 5.74) is 0. The minimum Gasteiger partial charge on any atom is -0.481 e. The van der Waals surface area contributed by atoms with Gasteiger partial charge in [0.05, 0.1) is 0 Å². The number of aliphatic hydroxyl groups excluding tert-OH is 2. The second kappa shape index (κ2) is 16.8. The number of carboxylic acid groups (broad SMARTS) is 2. The van der Waals surface area contributed by atoms with E-state index in [-0.39, 0.29) is 19.1 Å². The second-order valence-corrected chi connectivity index (χ2v) is 3.54. The molecule has 16 heavy (non-hydrogen) atoms. The van der Waals surface area contributed by atoms with E-state index in [2.05, 4.69) is 15.9 Å². The molecule has 0 aromatic rings. The van der Waals surface area contributed by atoms with E-state index < -0.39 is 11.9 Å². The fraction of sp³-hybridized carbons (Fsp3) is 0.778. The molecular formula is C9H19BrO6. The summed E-state index contributed by atoms with van der Waals surface area (Å²) in [6, 6.07) is 0. The third-order valence-corrected chi connectivity index (χ3v) is 1.49. The van der Waals surface area contributed by atoms with Gasteiger partial charge in [-0.25, -0.2) is 0 Å². The van der Waals surface area contributed by atoms with Crippen molar-refractivity contribution < 1.29 is 30.0 Å². The molecule has 0 aromatic heterocycles. The monoisotopic (exact) mass is 302 g/mol. The highest BCUT2D eigenvalue weighted by atomic mass is 79.9. The number of aliphatic hydroxyl groups is 2. The number of alkyl halides is 1. The molecule has 98 valence electrons. The van der Waals surface area contributed by atoms with Gasteiger partial charge in [-0.15, -0.1) is 0 Å². The molecule has 0 rings (SSSR count). The van der Waals surface area contributed by atoms with E-state index in [4.69, 9.17) is 30.0 Å². The lowest BCUT2D eigenvalue weighted by molar-refractivity contribution is -0.135. The van der Waals surface area contributed by atoms with Crippen molar-refractivity contribution in [2.75, 3.05) is 18.5 Å². The van der Waals surface area contributed by atoms with Gasteiger partial charge in [-0.1, -0.05) is 15.9 Å². The van der Waals surface area contributed by atoms with E-state index in [1.165, 1.54) is 0 Å². The molecule has 4 N–H and O–H groups in total. The largest absolute Gasteiger partial charge is 0.481 e. The first-order chi connectivity index (χ1) is 7.31. The van der Waals surface area contributed by atoms with Gasteiger partial charge in [-0.2, -0.15) is 0 Å². The zero-order valence-corrected chi connectivity index (χ0v) is 11.0. The van der Waals surface area contributed by atoms with Crippen molar-refractivity contribution in [2.45, 2.75) is 20.3 Å². The van der Waals surface area contributed by atoms with Gasteiger partial charge in [0.1, 0.15) is 0 Å². The molecule has 0 aliphatic carbocycles. The fourth-order valence-corrected chi connectivity index (χ4v) is 1.04. The second-order valence-electron chi connectivity index (χ2n) is 2.75. The molecule has 0 aromatic carbocycles. The number of carbonyl (C=O) groups is 2. The van der Waals surface area contributed by atoms with Crippen LogP contribution in [0.3, 0.4) is 0 Å². The van der Waals surface area contributed by atoms with Crippen LogP contribution in [-0.2, 0) is 9.59 Å². The Morgan fingerprint density at radius 1 is 1.06 bits per heavy atom. The molecule has 0 bridgehead atoms. The maximum atomic E-state index is 9.00. The van der Waals surface area contributed by atoms with Gasteiger partial charge in [0.25, 0.3) is 11.9 Å². The Balaban J connectivity index is -0.000000179. The highest BCUT2D eigenvalue weighted by Crippen LogP contribution is 2.01. The van der Waals surface area contributed by atoms with Crippen LogP contribution in [0.5, 0.6) is 0 Å². The van der Waals surface area contributed by atoms with Crippen molar-refractivity contribution in [3.05, 3.63) is 0 Å². The SMILES string of the molecule is CC(=O)O.CC(=O)O.OCC(CO)CCBr. The normalized spacial score (nSPS) is 8.38. The average Bonchev–Trinajstić information content (AvgIpc) is 2.12. The van der Waals surface area contributed by atoms with Crippen molar-refractivity contribution in [2.24, 2.45) is 5.92 Å². The van der Waals surface area contributed by atoms with Crippen LogP contribution in [0.1, 0.15) is 20.3 Å². The summed E-state index contributed by atoms with van der Waals surface area (Å²) < 4.78 is 0. The summed E-state index contributed by atoms with van der Waals surface area (Å²) in [6.07, 6.45) is 0.840. The van der Waals surface area contributed by atoms with Crippen LogP contribution in [0.15, 0.2) is 0 Å². The Hall–Kier alpha value is -0.660. The number of hydrogen-bond acceptors (Lipinski definition) is 4. The van der Waals surface area contributed by atoms with Crippen LogP contribution >= 0.6 is 15.9 Å². The van der Waals surface area contributed by atoms with E-state index >= 15 is 0 Å². The first-order valence-corrected chi connectivity index (χ1v) is 5.60. The van der Waals surface area contributed by atoms with Gasteiger partial charge in [0.15, 0.2) is 0 Å². The smallest absolute Gasteiger partial charge is 0.300 e. The molecule has 0 radical (unpaired) electrons. The Morgan fingerprint density at radius 2 is 1.31 bits per heavy atom. The number of halogens is 1. The van der Waals surface area contributed by atoms with Crippen LogP contribution in [0, 0.1) is 5.92 Å². The lowest BCUT2D eigenvalue weighted by Crippen LogP contribution is -2.10. The van der Waals surface area contributed by atoms with Gasteiger partial charge >= 0.3 is 0 Å². The molecule has 0 aliphatic heterocycles. The lowest BCUT2D eigenvalue weighted by Gasteiger charge is -2.05. The molecule has 0 heterocycles. The summed E-state index contributed by atoms with van der Waals surface area (Å²) in [6.45, 7) is 2.34. The van der Waals surface area contributed by atoms with E-state index in [1.807, 2.05) is 0 Å². The Morgan fingerprint density at radius 3 is 1.38 bits per heavy atom. The van der Waals surface area contributed by atoms with Crippen molar-refractivity contribution in [3.63, 3.8) is 0 Å². The Labute approximate surface area is 103 Å². The lowest BCUT2D eigenvalue weighted by atomic mass is 10.1. The van der Waals surface area contributed by atoms with Crippen LogP contribution in [0.4, 0.5) is 0 Å². The third kappa shape index (κ3) is 50.5. The summed E-state index contributed by atoms with van der Waals surface area (Å²) in [5.74, 6) is -1.60. The van der Waals surface area contributed by atoms with E-state index in [1.54, 1.807) is 0 Å². The molecule has 0 aliphatic rings. The molecule has 7 heteroatoms. The molecule has 0 amide bonds. The zero-order valence-electron chi connectivity index (χ0n) is 9.39. The maximum Gasteiger partial charge on any atom is 0.300 e. The third-order valence-electron chi connectivity index (χ3n) is 1.03. The van der Waals surface area contributed by atoms with Gasteiger partial charge in [-0.05, 0) is 6.42 Å². The number of carboxylic acids is 2. The molecule has 6 nitrogen and oxygen atoms in total. The van der Waals surface area contributed by atoms with Crippen LogP contribution in [0.25, 0.3) is 0 Å². The number of aliphatic carboxylic acids is 2. The number of hydrogen-bond donors (Lipinski definition) is 4. The average molecular weight is 303 g/mol. The van der Waals surface area contributed by atoms with Crippen LogP contribution in [-0.4, -0.2) is 50.9 Å². The molecule has 0 saturated carbocycles. The van der Waals surface area contributed by atoms with E-state index in [0.29, 0.717) is 0 Å². The maximum absolute atomic E-state index is 9.00. The van der Waals surface area contributed by atoms with Gasteiger partial charge in [0.2, 0.25) is 0 Å². The minimum absolute atomic E-state index is 0.0642. The fourth-order valence-electron chi connectivity index (χ4n) is 0.395. The van der Waals surface area contributed by atoms with Crippen molar-refractivity contribution >= 4 is 27.9 Å². The predicted molar refractivity (Wildman–Crippen MR) is 62.7 cm³/mol. The van der Waals surface area contributed by atoms with Crippen molar-refractivity contribution in [3.8, 4) is 0 Å². The summed E-state index contributed by atoms with van der Waals surface area (Å²) >= 11 is 3.21. The van der Waals surface area contributed by atoms with E-state index in [0.717, 1.165) is 25.6 Å². The quantitative estimate of drug-likeness (QED) is 0.564. The molecule has 0 spiro atoms. The first kappa shape index (κ1) is 20.7. The standard InChI is InChI=1S/C5H11BrO2.2C2H4O2/c6-2-1-5(3-7)4-8;2*1-2(3)4/h5,7-8H,1-4H2;2*1H3,(H,3,4). The van der Waals surface area contributed by atoms with Gasteiger partial charge in [-0.3, -0.25) is 9.59 Å². The van der Waals surface area contributed by atoms with Gasteiger partial charge < -0.3 is 20.4 Å². The molecule has 0 atom stereocenters. The predicted octanol–water partition coefficient (Wildman–Crippen LogP) is 0.554. The summed E-state index contributed by atoms with van der Waals surface area (Å²) in [5, 5.41) is 32.6.